The first kappa shape index (κ1) is 24.4. The number of nitrogens with one attached hydrogen (secondary N) is 2. The number of hydrogen-bond acceptors (Lipinski definition) is 4. The van der Waals surface area contributed by atoms with Crippen LogP contribution < -0.4 is 10.6 Å². The third-order valence-corrected chi connectivity index (χ3v) is 5.40. The predicted octanol–water partition coefficient (Wildman–Crippen LogP) is 3.19. The van der Waals surface area contributed by atoms with Crippen LogP contribution in [-0.2, 0) is 9.47 Å². The van der Waals surface area contributed by atoms with Gasteiger partial charge in [0.05, 0.1) is 31.9 Å². The molecule has 164 valence electrons. The zero-order chi connectivity index (χ0) is 19.4. The maximum Gasteiger partial charge on any atom is 0.191 e. The number of hydrogen-bond donors (Lipinski definition) is 2. The number of nitrogens with zero attached hydrogens (tertiary/aromatic N) is 2. The van der Waals surface area contributed by atoms with Crippen molar-refractivity contribution in [1.29, 1.82) is 0 Å². The first-order valence-electron chi connectivity index (χ1n) is 10.9. The van der Waals surface area contributed by atoms with Gasteiger partial charge in [-0.3, -0.25) is 9.89 Å². The summed E-state index contributed by atoms with van der Waals surface area (Å²) in [5, 5.41) is 6.75. The Kier molecular flexibility index (Phi) is 11.9. The summed E-state index contributed by atoms with van der Waals surface area (Å²) in [5.41, 5.74) is 1.35. The third kappa shape index (κ3) is 8.39. The molecule has 0 aliphatic carbocycles. The van der Waals surface area contributed by atoms with E-state index in [1.54, 1.807) is 0 Å². The van der Waals surface area contributed by atoms with Gasteiger partial charge in [0.1, 0.15) is 0 Å². The summed E-state index contributed by atoms with van der Waals surface area (Å²) in [6, 6.07) is 11.1. The molecule has 2 atom stereocenters. The van der Waals surface area contributed by atoms with Crippen LogP contribution in [0.1, 0.15) is 44.2 Å². The van der Waals surface area contributed by atoms with E-state index in [0.717, 1.165) is 58.1 Å². The maximum absolute atomic E-state index is 5.74. The number of benzene rings is 1. The van der Waals surface area contributed by atoms with Gasteiger partial charge in [0.25, 0.3) is 0 Å². The van der Waals surface area contributed by atoms with Gasteiger partial charge < -0.3 is 20.1 Å². The lowest BCUT2D eigenvalue weighted by Gasteiger charge is -2.27. The van der Waals surface area contributed by atoms with Crippen LogP contribution in [0.2, 0.25) is 0 Å². The van der Waals surface area contributed by atoms with Crippen molar-refractivity contribution in [3.05, 3.63) is 35.9 Å². The normalized spacial score (nSPS) is 21.0. The fourth-order valence-corrected chi connectivity index (χ4v) is 3.91. The summed E-state index contributed by atoms with van der Waals surface area (Å²) < 4.78 is 11.3. The van der Waals surface area contributed by atoms with Crippen molar-refractivity contribution in [2.45, 2.75) is 44.8 Å². The first-order chi connectivity index (χ1) is 13.9. The molecule has 1 aromatic carbocycles. The molecule has 2 N–H and O–H groups in total. The van der Waals surface area contributed by atoms with E-state index in [9.17, 15) is 0 Å². The summed E-state index contributed by atoms with van der Waals surface area (Å²) >= 11 is 0. The van der Waals surface area contributed by atoms with E-state index >= 15 is 0 Å². The molecule has 2 aliphatic rings. The van der Waals surface area contributed by atoms with Crippen LogP contribution >= 0.6 is 24.0 Å². The monoisotopic (exact) mass is 516 g/mol. The molecule has 7 heteroatoms. The minimum atomic E-state index is 0. The molecule has 2 aliphatic heterocycles. The van der Waals surface area contributed by atoms with Crippen molar-refractivity contribution < 1.29 is 9.47 Å². The topological polar surface area (TPSA) is 58.1 Å². The Bertz CT molecular complexity index is 575. The SMILES string of the molecule is CCNC(=NCC(c1ccccc1)N1CCCC1)NCCOCC1CCCO1.I. The van der Waals surface area contributed by atoms with Crippen LogP contribution in [0.15, 0.2) is 35.3 Å². The van der Waals surface area contributed by atoms with Crippen LogP contribution in [0.25, 0.3) is 0 Å². The van der Waals surface area contributed by atoms with E-state index in [2.05, 4.69) is 52.8 Å². The standard InChI is InChI=1S/C22H36N4O2.HI/c1-2-23-22(24-12-16-27-18-20-11-8-15-28-20)25-17-21(26-13-6-7-14-26)19-9-4-3-5-10-19;/h3-5,9-10,20-21H,2,6-8,11-18H2,1H3,(H2,23,24,25);1H. The van der Waals surface area contributed by atoms with Crippen LogP contribution in [0, 0.1) is 0 Å². The number of halogens is 1. The lowest BCUT2D eigenvalue weighted by molar-refractivity contribution is 0.0191. The van der Waals surface area contributed by atoms with Crippen LogP contribution in [0.4, 0.5) is 0 Å². The van der Waals surface area contributed by atoms with Gasteiger partial charge in [-0.25, -0.2) is 0 Å². The summed E-state index contributed by atoms with van der Waals surface area (Å²) in [7, 11) is 0. The molecule has 0 radical (unpaired) electrons. The Morgan fingerprint density at radius 3 is 2.69 bits per heavy atom. The van der Waals surface area contributed by atoms with Gasteiger partial charge in [0, 0.05) is 19.7 Å². The van der Waals surface area contributed by atoms with Gasteiger partial charge in [-0.2, -0.15) is 0 Å². The first-order valence-corrected chi connectivity index (χ1v) is 10.9. The number of likely N-dealkylation sites (tertiary alicyclic amines) is 1. The Balaban J connectivity index is 0.00000300. The highest BCUT2D eigenvalue weighted by Crippen LogP contribution is 2.25. The minimum absolute atomic E-state index is 0. The number of guanidine groups is 1. The van der Waals surface area contributed by atoms with Gasteiger partial charge in [0.15, 0.2) is 5.96 Å². The third-order valence-electron chi connectivity index (χ3n) is 5.40. The molecule has 29 heavy (non-hydrogen) atoms. The second-order valence-electron chi connectivity index (χ2n) is 7.53. The van der Waals surface area contributed by atoms with Crippen LogP contribution in [0.5, 0.6) is 0 Å². The van der Waals surface area contributed by atoms with Gasteiger partial charge in [-0.05, 0) is 51.3 Å². The maximum atomic E-state index is 5.74. The van der Waals surface area contributed by atoms with Crippen molar-refractivity contribution in [3.8, 4) is 0 Å². The molecule has 1 aromatic rings. The van der Waals surface area contributed by atoms with Crippen LogP contribution in [-0.4, -0.2) is 69.5 Å². The van der Waals surface area contributed by atoms with Gasteiger partial charge in [-0.1, -0.05) is 30.3 Å². The molecule has 0 spiro atoms. The highest BCUT2D eigenvalue weighted by molar-refractivity contribution is 14.0. The van der Waals surface area contributed by atoms with Crippen molar-refractivity contribution >= 4 is 29.9 Å². The molecule has 2 heterocycles. The summed E-state index contributed by atoms with van der Waals surface area (Å²) in [6.45, 7) is 9.02. The summed E-state index contributed by atoms with van der Waals surface area (Å²) in [4.78, 5) is 7.44. The molecule has 3 rings (SSSR count). The lowest BCUT2D eigenvalue weighted by atomic mass is 10.1. The lowest BCUT2D eigenvalue weighted by Crippen LogP contribution is -2.40. The second-order valence-corrected chi connectivity index (χ2v) is 7.53. The number of rotatable bonds is 10. The molecule has 2 saturated heterocycles. The van der Waals surface area contributed by atoms with Crippen molar-refractivity contribution in [2.24, 2.45) is 4.99 Å². The molecule has 0 amide bonds. The Hall–Kier alpha value is -0.900. The van der Waals surface area contributed by atoms with E-state index in [0.29, 0.717) is 19.3 Å². The molecule has 0 bridgehead atoms. The number of ether oxygens (including phenoxy) is 2. The largest absolute Gasteiger partial charge is 0.377 e. The fourth-order valence-electron chi connectivity index (χ4n) is 3.91. The molecule has 0 saturated carbocycles. The smallest absolute Gasteiger partial charge is 0.191 e. The van der Waals surface area contributed by atoms with Gasteiger partial charge in [-0.15, -0.1) is 24.0 Å². The summed E-state index contributed by atoms with van der Waals surface area (Å²) in [5.74, 6) is 0.864. The zero-order valence-electron chi connectivity index (χ0n) is 17.6. The minimum Gasteiger partial charge on any atom is -0.377 e. The van der Waals surface area contributed by atoms with E-state index < -0.39 is 0 Å². The molecule has 2 fully saturated rings. The predicted molar refractivity (Wildman–Crippen MR) is 129 cm³/mol. The molecular weight excluding hydrogens is 479 g/mol. The fraction of sp³-hybridized carbons (Fsp3) is 0.682. The Morgan fingerprint density at radius 1 is 1.21 bits per heavy atom. The Labute approximate surface area is 192 Å². The van der Waals surface area contributed by atoms with Crippen molar-refractivity contribution in [3.63, 3.8) is 0 Å². The zero-order valence-corrected chi connectivity index (χ0v) is 20.0. The molecular formula is C22H37IN4O2. The van der Waals surface area contributed by atoms with Gasteiger partial charge in [0.2, 0.25) is 0 Å². The Morgan fingerprint density at radius 2 is 2.00 bits per heavy atom. The van der Waals surface area contributed by atoms with E-state index in [1.165, 1.54) is 18.4 Å². The van der Waals surface area contributed by atoms with Crippen LogP contribution in [0.3, 0.4) is 0 Å². The van der Waals surface area contributed by atoms with Crippen molar-refractivity contribution in [1.82, 2.24) is 15.5 Å². The van der Waals surface area contributed by atoms with E-state index in [1.807, 2.05) is 0 Å². The highest BCUT2D eigenvalue weighted by atomic mass is 127. The van der Waals surface area contributed by atoms with E-state index in [-0.39, 0.29) is 30.1 Å². The number of aliphatic imine (C=N–C) groups is 1. The average molecular weight is 516 g/mol. The summed E-state index contributed by atoms with van der Waals surface area (Å²) in [6.07, 6.45) is 5.13. The molecule has 6 nitrogen and oxygen atoms in total. The molecule has 0 aromatic heterocycles. The average Bonchev–Trinajstić information content (AvgIpc) is 3.43. The quantitative estimate of drug-likeness (QED) is 0.217. The van der Waals surface area contributed by atoms with Crippen molar-refractivity contribution in [2.75, 3.05) is 52.5 Å². The van der Waals surface area contributed by atoms with Gasteiger partial charge >= 0.3 is 0 Å². The second kappa shape index (κ2) is 14.2. The van der Waals surface area contributed by atoms with E-state index in [4.69, 9.17) is 14.5 Å². The highest BCUT2D eigenvalue weighted by Gasteiger charge is 2.23. The molecule has 2 unspecified atom stereocenters.